The third-order valence-electron chi connectivity index (χ3n) is 4.15. The van der Waals surface area contributed by atoms with E-state index in [9.17, 15) is 14.4 Å². The Hall–Kier alpha value is -4.07. The van der Waals surface area contributed by atoms with Gasteiger partial charge in [-0.05, 0) is 62.4 Å². The number of carbonyl (C=O) groups excluding carboxylic acids is 3. The first-order valence-corrected chi connectivity index (χ1v) is 9.80. The number of nitrogens with one attached hydrogen (secondary N) is 4. The summed E-state index contributed by atoms with van der Waals surface area (Å²) in [6.07, 6.45) is 1.43. The van der Waals surface area contributed by atoms with Crippen LogP contribution in [0.2, 0.25) is 0 Å². The van der Waals surface area contributed by atoms with E-state index >= 15 is 0 Å². The number of furan rings is 1. The second-order valence-corrected chi connectivity index (χ2v) is 7.12. The lowest BCUT2D eigenvalue weighted by Gasteiger charge is -2.11. The van der Waals surface area contributed by atoms with Gasteiger partial charge in [0.1, 0.15) is 0 Å². The first kappa shape index (κ1) is 21.6. The Morgan fingerprint density at radius 2 is 1.55 bits per heavy atom. The Morgan fingerprint density at radius 1 is 0.839 bits per heavy atom. The van der Waals surface area contributed by atoms with Crippen LogP contribution >= 0.6 is 0 Å². The van der Waals surface area contributed by atoms with Crippen molar-refractivity contribution in [3.63, 3.8) is 0 Å². The van der Waals surface area contributed by atoms with Gasteiger partial charge in [-0.1, -0.05) is 12.1 Å². The molecule has 1 heterocycles. The maximum Gasteiger partial charge on any atom is 0.291 e. The van der Waals surface area contributed by atoms with Gasteiger partial charge in [0.15, 0.2) is 5.76 Å². The standard InChI is InChI=1S/C23H24N4O4/c1-15(2)25-22(29)16-6-3-8-18(12-16)26-21(28)14-24-17-7-4-9-19(13-17)27-23(30)20-10-5-11-31-20/h3-13,15,24H,14H2,1-2H3,(H,25,29)(H,26,28)(H,27,30). The van der Waals surface area contributed by atoms with Crippen molar-refractivity contribution in [2.24, 2.45) is 0 Å². The largest absolute Gasteiger partial charge is 0.459 e. The van der Waals surface area contributed by atoms with Gasteiger partial charge < -0.3 is 25.7 Å². The first-order chi connectivity index (χ1) is 14.9. The predicted molar refractivity (Wildman–Crippen MR) is 119 cm³/mol. The van der Waals surface area contributed by atoms with Crippen LogP contribution in [0.3, 0.4) is 0 Å². The highest BCUT2D eigenvalue weighted by Crippen LogP contribution is 2.16. The highest BCUT2D eigenvalue weighted by molar-refractivity contribution is 6.02. The number of anilines is 3. The summed E-state index contributed by atoms with van der Waals surface area (Å²) in [4.78, 5) is 36.5. The third kappa shape index (κ3) is 6.46. The average Bonchev–Trinajstić information content (AvgIpc) is 3.27. The summed E-state index contributed by atoms with van der Waals surface area (Å²) in [6.45, 7) is 3.78. The van der Waals surface area contributed by atoms with Gasteiger partial charge in [0.2, 0.25) is 5.91 Å². The summed E-state index contributed by atoms with van der Waals surface area (Å²) in [5.74, 6) is -0.618. The van der Waals surface area contributed by atoms with E-state index in [1.165, 1.54) is 6.26 Å². The minimum absolute atomic E-state index is 0.0119. The maximum absolute atomic E-state index is 12.3. The molecule has 31 heavy (non-hydrogen) atoms. The molecule has 0 unspecified atom stereocenters. The van der Waals surface area contributed by atoms with Crippen molar-refractivity contribution in [3.8, 4) is 0 Å². The number of rotatable bonds is 8. The Bertz CT molecular complexity index is 1060. The number of carbonyl (C=O) groups is 3. The van der Waals surface area contributed by atoms with Crippen molar-refractivity contribution in [1.29, 1.82) is 0 Å². The molecule has 0 bridgehead atoms. The zero-order chi connectivity index (χ0) is 22.2. The van der Waals surface area contributed by atoms with Gasteiger partial charge in [0, 0.05) is 28.7 Å². The van der Waals surface area contributed by atoms with Crippen LogP contribution in [0, 0.1) is 0 Å². The minimum Gasteiger partial charge on any atom is -0.459 e. The summed E-state index contributed by atoms with van der Waals surface area (Å²) in [6, 6.07) is 17.0. The van der Waals surface area contributed by atoms with E-state index in [1.807, 2.05) is 13.8 Å². The van der Waals surface area contributed by atoms with Crippen LogP contribution in [0.4, 0.5) is 17.1 Å². The van der Waals surface area contributed by atoms with E-state index in [0.29, 0.717) is 22.6 Å². The smallest absolute Gasteiger partial charge is 0.291 e. The van der Waals surface area contributed by atoms with Crippen molar-refractivity contribution < 1.29 is 18.8 Å². The van der Waals surface area contributed by atoms with E-state index in [4.69, 9.17) is 4.42 Å². The molecule has 0 saturated carbocycles. The number of hydrogen-bond acceptors (Lipinski definition) is 5. The van der Waals surface area contributed by atoms with Crippen molar-refractivity contribution >= 4 is 34.8 Å². The van der Waals surface area contributed by atoms with Crippen molar-refractivity contribution in [2.75, 3.05) is 22.5 Å². The summed E-state index contributed by atoms with van der Waals surface area (Å²) >= 11 is 0. The average molecular weight is 420 g/mol. The van der Waals surface area contributed by atoms with Gasteiger partial charge in [-0.2, -0.15) is 0 Å². The molecule has 8 heteroatoms. The van der Waals surface area contributed by atoms with Gasteiger partial charge in [-0.3, -0.25) is 14.4 Å². The van der Waals surface area contributed by atoms with Crippen LogP contribution in [0.25, 0.3) is 0 Å². The Balaban J connectivity index is 1.54. The zero-order valence-electron chi connectivity index (χ0n) is 17.3. The minimum atomic E-state index is -0.360. The molecule has 0 aliphatic carbocycles. The van der Waals surface area contributed by atoms with E-state index in [2.05, 4.69) is 21.3 Å². The van der Waals surface area contributed by atoms with Crippen LogP contribution in [0.5, 0.6) is 0 Å². The van der Waals surface area contributed by atoms with Crippen molar-refractivity contribution in [2.45, 2.75) is 19.9 Å². The van der Waals surface area contributed by atoms with Crippen LogP contribution in [0.1, 0.15) is 34.8 Å². The maximum atomic E-state index is 12.3. The Labute approximate surface area is 180 Å². The van der Waals surface area contributed by atoms with Crippen molar-refractivity contribution in [1.82, 2.24) is 5.32 Å². The SMILES string of the molecule is CC(C)NC(=O)c1cccc(NC(=O)CNc2cccc(NC(=O)c3ccco3)c2)c1. The molecule has 3 aromatic rings. The molecule has 3 amide bonds. The van der Waals surface area contributed by atoms with Gasteiger partial charge in [-0.15, -0.1) is 0 Å². The lowest BCUT2D eigenvalue weighted by Crippen LogP contribution is -2.30. The monoisotopic (exact) mass is 420 g/mol. The molecule has 0 atom stereocenters. The molecule has 0 radical (unpaired) electrons. The molecule has 4 N–H and O–H groups in total. The Kier molecular flexibility index (Phi) is 7.05. The number of hydrogen-bond donors (Lipinski definition) is 4. The quantitative estimate of drug-likeness (QED) is 0.444. The molecule has 0 fully saturated rings. The van der Waals surface area contributed by atoms with Gasteiger partial charge in [-0.25, -0.2) is 0 Å². The molecule has 1 aromatic heterocycles. The fourth-order valence-corrected chi connectivity index (χ4v) is 2.78. The molecule has 2 aromatic carbocycles. The highest BCUT2D eigenvalue weighted by Gasteiger charge is 2.10. The first-order valence-electron chi connectivity index (χ1n) is 9.80. The lowest BCUT2D eigenvalue weighted by atomic mass is 10.1. The second-order valence-electron chi connectivity index (χ2n) is 7.12. The molecule has 3 rings (SSSR count). The van der Waals surface area contributed by atoms with Crippen molar-refractivity contribution in [3.05, 3.63) is 78.3 Å². The van der Waals surface area contributed by atoms with E-state index in [0.717, 1.165) is 0 Å². The molecule has 8 nitrogen and oxygen atoms in total. The van der Waals surface area contributed by atoms with E-state index < -0.39 is 0 Å². The molecular weight excluding hydrogens is 396 g/mol. The molecule has 0 saturated heterocycles. The number of benzene rings is 2. The molecule has 160 valence electrons. The zero-order valence-corrected chi connectivity index (χ0v) is 17.3. The van der Waals surface area contributed by atoms with Crippen LogP contribution in [-0.2, 0) is 4.79 Å². The van der Waals surface area contributed by atoms with Gasteiger partial charge in [0.05, 0.1) is 12.8 Å². The fraction of sp³-hybridized carbons (Fsp3) is 0.174. The van der Waals surface area contributed by atoms with Crippen LogP contribution in [-0.4, -0.2) is 30.3 Å². The van der Waals surface area contributed by atoms with E-state index in [-0.39, 0.29) is 36.1 Å². The lowest BCUT2D eigenvalue weighted by molar-refractivity contribution is -0.114. The van der Waals surface area contributed by atoms with Crippen LogP contribution in [0.15, 0.2) is 71.3 Å². The summed E-state index contributed by atoms with van der Waals surface area (Å²) in [5, 5.41) is 11.3. The van der Waals surface area contributed by atoms with Crippen LogP contribution < -0.4 is 21.3 Å². The summed E-state index contributed by atoms with van der Waals surface area (Å²) < 4.78 is 5.07. The highest BCUT2D eigenvalue weighted by atomic mass is 16.3. The number of amides is 3. The van der Waals surface area contributed by atoms with Gasteiger partial charge in [0.25, 0.3) is 11.8 Å². The molecule has 0 aliphatic heterocycles. The second kappa shape index (κ2) is 10.1. The topological polar surface area (TPSA) is 112 Å². The fourth-order valence-electron chi connectivity index (χ4n) is 2.78. The van der Waals surface area contributed by atoms with E-state index in [1.54, 1.807) is 60.7 Å². The molecule has 0 aliphatic rings. The summed E-state index contributed by atoms with van der Waals surface area (Å²) in [7, 11) is 0. The predicted octanol–water partition coefficient (Wildman–Crippen LogP) is 3.72. The molecular formula is C23H24N4O4. The Morgan fingerprint density at radius 3 is 2.26 bits per heavy atom. The molecule has 0 spiro atoms. The summed E-state index contributed by atoms with van der Waals surface area (Å²) in [5.41, 5.74) is 2.23. The van der Waals surface area contributed by atoms with Gasteiger partial charge >= 0.3 is 0 Å². The normalized spacial score (nSPS) is 10.4. The third-order valence-corrected chi connectivity index (χ3v) is 4.15.